The molecule has 0 rings (SSSR count). The Labute approximate surface area is 666 Å². The van der Waals surface area contributed by atoms with Gasteiger partial charge in [0.1, 0.15) is 19.3 Å². The Morgan fingerprint density at radius 2 is 0.509 bits per heavy atom. The van der Waals surface area contributed by atoms with Gasteiger partial charge < -0.3 is 33.8 Å². The van der Waals surface area contributed by atoms with Gasteiger partial charge in [0.2, 0.25) is 0 Å². The number of phosphoric ester groups is 2. The van der Waals surface area contributed by atoms with Crippen molar-refractivity contribution < 1.29 is 80.2 Å². The lowest BCUT2D eigenvalue weighted by molar-refractivity contribution is -0.161. The fourth-order valence-corrected chi connectivity index (χ4v) is 12.1. The van der Waals surface area contributed by atoms with Crippen LogP contribution in [-0.2, 0) is 65.4 Å². The zero-order chi connectivity index (χ0) is 80.3. The van der Waals surface area contributed by atoms with E-state index in [4.69, 9.17) is 37.0 Å². The summed E-state index contributed by atoms with van der Waals surface area (Å²) in [5.74, 6) is -2.39. The fourth-order valence-electron chi connectivity index (χ4n) is 10.5. The van der Waals surface area contributed by atoms with E-state index < -0.39 is 97.5 Å². The van der Waals surface area contributed by atoms with Crippen LogP contribution in [0.2, 0.25) is 0 Å². The lowest BCUT2D eigenvalue weighted by Crippen LogP contribution is -2.30. The molecule has 0 fully saturated rings. The standard InChI is InChI=1S/C91H148O17P2/c1-5-9-13-17-21-25-29-33-37-40-42-45-48-51-55-59-63-67-71-75-88(93)101-81-86(107-90(95)77-73-69-65-61-57-53-47-36-32-28-24-20-16-12-8-4)83-105-109(97,98)103-79-85(92)80-104-110(99,100)106-84-87(108-91(96)78-74-70-66-62-58-54-50-44-39-35-31-27-23-19-15-11-7-3)82-102-89(94)76-72-68-64-60-56-52-49-46-43-41-38-34-30-26-22-18-14-10-6-2/h11-12,15-16,21-28,33-39,42-43,45-47,50,54,57,61,69,73,85-87,92H,5-10,13-14,17-20,29-32,40-41,44,48-49,51-53,55-56,58-60,62-68,70-72,74-84H2,1-4H3,(H,97,98)(H,99,100)/b15-11-,16-12-,25-21-,26-22-,27-23-,28-24-,37-33-,38-34-,39-35-,45-42-,46-43-,47-36-,54-50-,61-57-,73-69-. The number of carbonyl (C=O) groups is 4. The van der Waals surface area contributed by atoms with Gasteiger partial charge in [0.05, 0.1) is 32.8 Å². The van der Waals surface area contributed by atoms with Crippen LogP contribution >= 0.6 is 15.6 Å². The molecule has 0 amide bonds. The maximum atomic E-state index is 13.1. The Kier molecular flexibility index (Phi) is 76.9. The van der Waals surface area contributed by atoms with Crippen LogP contribution in [-0.4, -0.2) is 96.7 Å². The molecule has 0 radical (unpaired) electrons. The number of phosphoric acid groups is 2. The molecule has 17 nitrogen and oxygen atoms in total. The van der Waals surface area contributed by atoms with Gasteiger partial charge in [-0.25, -0.2) is 9.13 Å². The molecule has 0 saturated heterocycles. The second kappa shape index (κ2) is 81.2. The Hall–Kier alpha value is -5.84. The van der Waals surface area contributed by atoms with Crippen LogP contribution in [0.1, 0.15) is 310 Å². The van der Waals surface area contributed by atoms with Gasteiger partial charge in [-0.2, -0.15) is 0 Å². The van der Waals surface area contributed by atoms with Gasteiger partial charge in [0.25, 0.3) is 0 Å². The van der Waals surface area contributed by atoms with Crippen molar-refractivity contribution in [2.45, 2.75) is 329 Å². The summed E-state index contributed by atoms with van der Waals surface area (Å²) in [6.07, 6.45) is 98.9. The summed E-state index contributed by atoms with van der Waals surface area (Å²) >= 11 is 0. The minimum Gasteiger partial charge on any atom is -0.462 e. The quantitative estimate of drug-likeness (QED) is 0.0169. The van der Waals surface area contributed by atoms with Crippen molar-refractivity contribution in [3.05, 3.63) is 182 Å². The molecule has 19 heteroatoms. The largest absolute Gasteiger partial charge is 0.472 e. The van der Waals surface area contributed by atoms with Crippen molar-refractivity contribution in [3.63, 3.8) is 0 Å². The van der Waals surface area contributed by atoms with E-state index in [1.807, 2.05) is 12.2 Å². The third-order valence-electron chi connectivity index (χ3n) is 16.9. The van der Waals surface area contributed by atoms with Crippen molar-refractivity contribution in [1.29, 1.82) is 0 Å². The maximum absolute atomic E-state index is 13.1. The molecule has 0 spiro atoms. The number of aliphatic hydroxyl groups excluding tert-OH is 1. The van der Waals surface area contributed by atoms with Crippen molar-refractivity contribution >= 4 is 39.5 Å². The molecule has 624 valence electrons. The van der Waals surface area contributed by atoms with Crippen molar-refractivity contribution in [2.24, 2.45) is 0 Å². The van der Waals surface area contributed by atoms with E-state index in [-0.39, 0.29) is 25.7 Å². The summed E-state index contributed by atoms with van der Waals surface area (Å²) in [4.78, 5) is 73.2. The maximum Gasteiger partial charge on any atom is 0.472 e. The molecule has 0 aromatic carbocycles. The highest BCUT2D eigenvalue weighted by molar-refractivity contribution is 7.47. The van der Waals surface area contributed by atoms with Crippen LogP contribution in [0.5, 0.6) is 0 Å². The molecule has 5 unspecified atom stereocenters. The molecule has 0 aliphatic heterocycles. The highest BCUT2D eigenvalue weighted by Gasteiger charge is 2.30. The topological polar surface area (TPSA) is 237 Å². The Morgan fingerprint density at radius 1 is 0.273 bits per heavy atom. The number of unbranched alkanes of at least 4 members (excludes halogenated alkanes) is 22. The molecule has 0 saturated carbocycles. The molecule has 3 N–H and O–H groups in total. The number of hydrogen-bond donors (Lipinski definition) is 3. The molecular weight excluding hydrogens is 1430 g/mol. The summed E-state index contributed by atoms with van der Waals surface area (Å²) in [5.41, 5.74) is 0. The van der Waals surface area contributed by atoms with E-state index in [0.29, 0.717) is 25.7 Å². The SMILES string of the molecule is CC/C=C\C/C=C\C/C=C\C/C=C\C/C=C\CC(=O)OC(COC(=O)CCCCCCCC/C=C\C/C=C\C/C=C\CCCCC)COP(=O)(O)OCC(O)COP(=O)(O)OCC(COC(=O)CCCCCCCC/C=C\C/C=C\C/C=C\CCCCC)OC(=O)CCCCCC/C=C\C/C=C\C/C=C\C/C=C\CC. The lowest BCUT2D eigenvalue weighted by Gasteiger charge is -2.21. The number of carbonyl (C=O) groups excluding carboxylic acids is 4. The highest BCUT2D eigenvalue weighted by atomic mass is 31.2. The van der Waals surface area contributed by atoms with E-state index in [0.717, 1.165) is 193 Å². The predicted octanol–water partition coefficient (Wildman–Crippen LogP) is 25.1. The molecule has 0 heterocycles. The van der Waals surface area contributed by atoms with Crippen LogP contribution in [0.15, 0.2) is 182 Å². The number of hydrogen-bond acceptors (Lipinski definition) is 15. The van der Waals surface area contributed by atoms with Crippen molar-refractivity contribution in [1.82, 2.24) is 0 Å². The molecule has 5 atom stereocenters. The van der Waals surface area contributed by atoms with Crippen molar-refractivity contribution in [2.75, 3.05) is 39.6 Å². The summed E-state index contributed by atoms with van der Waals surface area (Å²) < 4.78 is 68.6. The first-order valence-corrected chi connectivity index (χ1v) is 45.0. The average Bonchev–Trinajstić information content (AvgIpc) is 0.899. The molecule has 0 aliphatic rings. The van der Waals surface area contributed by atoms with Crippen LogP contribution in [0.25, 0.3) is 0 Å². The summed E-state index contributed by atoms with van der Waals surface area (Å²) in [5, 5.41) is 10.7. The Bertz CT molecular complexity index is 2800. The second-order valence-corrected chi connectivity index (χ2v) is 30.2. The van der Waals surface area contributed by atoms with E-state index in [1.54, 1.807) is 12.2 Å². The first-order valence-electron chi connectivity index (χ1n) is 42.0. The van der Waals surface area contributed by atoms with Crippen LogP contribution in [0.4, 0.5) is 0 Å². The Balaban J connectivity index is 5.49. The average molecular weight is 1580 g/mol. The van der Waals surface area contributed by atoms with Crippen LogP contribution < -0.4 is 0 Å². The van der Waals surface area contributed by atoms with E-state index in [2.05, 4.69) is 186 Å². The van der Waals surface area contributed by atoms with Gasteiger partial charge in [-0.05, 0) is 167 Å². The number of aliphatic hydroxyl groups is 1. The van der Waals surface area contributed by atoms with E-state index in [1.165, 1.54) is 38.5 Å². The molecule has 0 aromatic heterocycles. The third kappa shape index (κ3) is 80.2. The van der Waals surface area contributed by atoms with Gasteiger partial charge in [0, 0.05) is 19.3 Å². The molecular formula is C91H148O17P2. The third-order valence-corrected chi connectivity index (χ3v) is 18.8. The number of ether oxygens (including phenoxy) is 4. The molecule has 110 heavy (non-hydrogen) atoms. The lowest BCUT2D eigenvalue weighted by atomic mass is 10.1. The highest BCUT2D eigenvalue weighted by Crippen LogP contribution is 2.45. The zero-order valence-corrected chi connectivity index (χ0v) is 70.1. The molecule has 0 bridgehead atoms. The fraction of sp³-hybridized carbons (Fsp3) is 0.626. The van der Waals surface area contributed by atoms with E-state index in [9.17, 15) is 43.2 Å². The van der Waals surface area contributed by atoms with Gasteiger partial charge in [-0.15, -0.1) is 0 Å². The molecule has 0 aromatic rings. The predicted molar refractivity (Wildman–Crippen MR) is 454 cm³/mol. The summed E-state index contributed by atoms with van der Waals surface area (Å²) in [6.45, 7) is 4.42. The van der Waals surface area contributed by atoms with Gasteiger partial charge in [0.15, 0.2) is 12.2 Å². The first kappa shape index (κ1) is 104. The minimum atomic E-state index is -5.02. The Morgan fingerprint density at radius 3 is 0.809 bits per heavy atom. The molecule has 0 aliphatic carbocycles. The monoisotopic (exact) mass is 1580 g/mol. The van der Waals surface area contributed by atoms with Crippen LogP contribution in [0.3, 0.4) is 0 Å². The van der Waals surface area contributed by atoms with E-state index >= 15 is 0 Å². The second-order valence-electron chi connectivity index (χ2n) is 27.3. The minimum absolute atomic E-state index is 0.0545. The smallest absolute Gasteiger partial charge is 0.462 e. The van der Waals surface area contributed by atoms with Gasteiger partial charge >= 0.3 is 39.5 Å². The summed E-state index contributed by atoms with van der Waals surface area (Å²) in [7, 11) is -10.0. The number of rotatable bonds is 77. The van der Waals surface area contributed by atoms with Crippen LogP contribution in [0, 0.1) is 0 Å². The van der Waals surface area contributed by atoms with Gasteiger partial charge in [-0.3, -0.25) is 37.3 Å². The van der Waals surface area contributed by atoms with Gasteiger partial charge in [-0.1, -0.05) is 300 Å². The summed E-state index contributed by atoms with van der Waals surface area (Å²) in [6, 6.07) is 0. The number of allylic oxidation sites excluding steroid dienone is 29. The number of esters is 4. The normalized spacial score (nSPS) is 14.7. The zero-order valence-electron chi connectivity index (χ0n) is 68.4. The van der Waals surface area contributed by atoms with Crippen molar-refractivity contribution in [3.8, 4) is 0 Å². The first-order chi connectivity index (χ1) is 53.7.